The molecule has 0 fully saturated rings. The highest BCUT2D eigenvalue weighted by Gasteiger charge is 2.04. The van der Waals surface area contributed by atoms with Crippen molar-refractivity contribution >= 4 is 23.1 Å². The first-order chi connectivity index (χ1) is 10.7. The lowest BCUT2D eigenvalue weighted by atomic mass is 10.2. The van der Waals surface area contributed by atoms with Gasteiger partial charge in [-0.1, -0.05) is 29.8 Å². The molecule has 0 unspecified atom stereocenters. The highest BCUT2D eigenvalue weighted by Crippen LogP contribution is 2.16. The van der Waals surface area contributed by atoms with Crippen LogP contribution >= 0.6 is 11.6 Å². The fourth-order valence-corrected chi connectivity index (χ4v) is 2.36. The van der Waals surface area contributed by atoms with E-state index < -0.39 is 0 Å². The molecule has 114 valence electrons. The fraction of sp³-hybridized carbons (Fsp3) is 0.294. The molecule has 0 saturated heterocycles. The predicted molar refractivity (Wildman–Crippen MR) is 91.4 cm³/mol. The molecule has 5 heteroatoms. The van der Waals surface area contributed by atoms with Gasteiger partial charge in [0.1, 0.15) is 11.9 Å². The van der Waals surface area contributed by atoms with Crippen LogP contribution in [0.4, 0.5) is 11.5 Å². The Kier molecular flexibility index (Phi) is 6.05. The van der Waals surface area contributed by atoms with Gasteiger partial charge in [-0.05, 0) is 37.6 Å². The van der Waals surface area contributed by atoms with E-state index in [2.05, 4.69) is 46.4 Å². The smallest absolute Gasteiger partial charge is 0.161 e. The van der Waals surface area contributed by atoms with Crippen molar-refractivity contribution in [3.63, 3.8) is 0 Å². The molecule has 2 aromatic rings. The average Bonchev–Trinajstić information content (AvgIpc) is 2.57. The number of rotatable bonds is 7. The van der Waals surface area contributed by atoms with Crippen molar-refractivity contribution in [2.45, 2.75) is 13.3 Å². The van der Waals surface area contributed by atoms with E-state index in [0.717, 1.165) is 26.1 Å². The Morgan fingerprint density at radius 3 is 2.68 bits per heavy atom. The molecule has 0 spiro atoms. The summed E-state index contributed by atoms with van der Waals surface area (Å²) >= 11 is 5.87. The van der Waals surface area contributed by atoms with Crippen molar-refractivity contribution in [3.8, 4) is 6.07 Å². The summed E-state index contributed by atoms with van der Waals surface area (Å²) < 4.78 is 0. The normalized spacial score (nSPS) is 10.0. The van der Waals surface area contributed by atoms with Gasteiger partial charge in [0.05, 0.1) is 5.02 Å². The Morgan fingerprint density at radius 2 is 2.00 bits per heavy atom. The van der Waals surface area contributed by atoms with Crippen molar-refractivity contribution in [1.29, 1.82) is 5.26 Å². The summed E-state index contributed by atoms with van der Waals surface area (Å²) in [6.07, 6.45) is 0.981. The standard InChI is InChI=1S/C17H19ClN4/c1-2-22(14-7-4-3-5-8-14)12-6-11-20-17-10-9-15(18)16(13-19)21-17/h3-5,7-10H,2,6,11-12H2,1H3,(H,20,21). The SMILES string of the molecule is CCN(CCCNc1ccc(Cl)c(C#N)n1)c1ccccc1. The van der Waals surface area contributed by atoms with Crippen molar-refractivity contribution in [3.05, 3.63) is 53.2 Å². The van der Waals surface area contributed by atoms with Crippen molar-refractivity contribution in [1.82, 2.24) is 4.98 Å². The average molecular weight is 315 g/mol. The molecule has 1 N–H and O–H groups in total. The Labute approximate surface area is 136 Å². The largest absolute Gasteiger partial charge is 0.372 e. The third-order valence-corrected chi connectivity index (χ3v) is 3.67. The topological polar surface area (TPSA) is 52.0 Å². The molecule has 1 aromatic carbocycles. The first-order valence-corrected chi connectivity index (χ1v) is 7.73. The quantitative estimate of drug-likeness (QED) is 0.787. The zero-order chi connectivity index (χ0) is 15.8. The predicted octanol–water partition coefficient (Wildman–Crippen LogP) is 3.94. The second-order valence-corrected chi connectivity index (χ2v) is 5.24. The van der Waals surface area contributed by atoms with Gasteiger partial charge in [-0.25, -0.2) is 4.98 Å². The van der Waals surface area contributed by atoms with Gasteiger partial charge in [-0.2, -0.15) is 5.26 Å². The molecule has 4 nitrogen and oxygen atoms in total. The Hall–Kier alpha value is -2.25. The lowest BCUT2D eigenvalue weighted by Crippen LogP contribution is -2.25. The number of benzene rings is 1. The summed E-state index contributed by atoms with van der Waals surface area (Å²) in [6, 6.07) is 15.8. The molecule has 0 saturated carbocycles. The van der Waals surface area contributed by atoms with Gasteiger partial charge < -0.3 is 10.2 Å². The molecule has 0 aliphatic rings. The van der Waals surface area contributed by atoms with E-state index in [1.807, 2.05) is 12.1 Å². The van der Waals surface area contributed by atoms with E-state index in [1.165, 1.54) is 5.69 Å². The molecular weight excluding hydrogens is 296 g/mol. The number of hydrogen-bond donors (Lipinski definition) is 1. The Morgan fingerprint density at radius 1 is 1.23 bits per heavy atom. The Bertz CT molecular complexity index is 637. The molecule has 0 amide bonds. The molecule has 1 heterocycles. The number of nitriles is 1. The first-order valence-electron chi connectivity index (χ1n) is 7.35. The fourth-order valence-electron chi connectivity index (χ4n) is 2.21. The minimum Gasteiger partial charge on any atom is -0.372 e. The minimum absolute atomic E-state index is 0.256. The van der Waals surface area contributed by atoms with Crippen LogP contribution in [0, 0.1) is 11.3 Å². The maximum absolute atomic E-state index is 8.91. The summed E-state index contributed by atoms with van der Waals surface area (Å²) in [6.45, 7) is 4.89. The lowest BCUT2D eigenvalue weighted by molar-refractivity contribution is 0.767. The number of anilines is 2. The lowest BCUT2D eigenvalue weighted by Gasteiger charge is -2.23. The summed E-state index contributed by atoms with van der Waals surface area (Å²) in [5, 5.41) is 12.5. The molecule has 0 radical (unpaired) electrons. The van der Waals surface area contributed by atoms with Crippen LogP contribution in [0.2, 0.25) is 5.02 Å². The summed E-state index contributed by atoms with van der Waals surface area (Å²) in [5.74, 6) is 0.684. The van der Waals surface area contributed by atoms with Crippen LogP contribution in [0.5, 0.6) is 0 Å². The zero-order valence-corrected chi connectivity index (χ0v) is 13.3. The third kappa shape index (κ3) is 4.37. The van der Waals surface area contributed by atoms with Gasteiger partial charge in [-0.3, -0.25) is 0 Å². The van der Waals surface area contributed by atoms with Gasteiger partial charge in [0.15, 0.2) is 5.69 Å². The zero-order valence-electron chi connectivity index (χ0n) is 12.6. The van der Waals surface area contributed by atoms with Crippen LogP contribution in [0.25, 0.3) is 0 Å². The van der Waals surface area contributed by atoms with Gasteiger partial charge in [-0.15, -0.1) is 0 Å². The van der Waals surface area contributed by atoms with Gasteiger partial charge in [0.2, 0.25) is 0 Å². The number of aromatic nitrogens is 1. The van der Waals surface area contributed by atoms with Gasteiger partial charge in [0, 0.05) is 25.3 Å². The number of hydrogen-bond acceptors (Lipinski definition) is 4. The van der Waals surface area contributed by atoms with Crippen LogP contribution in [-0.4, -0.2) is 24.6 Å². The summed E-state index contributed by atoms with van der Waals surface area (Å²) in [5.41, 5.74) is 1.49. The highest BCUT2D eigenvalue weighted by atomic mass is 35.5. The molecular formula is C17H19ClN4. The molecule has 0 atom stereocenters. The van der Waals surface area contributed by atoms with E-state index in [1.54, 1.807) is 12.1 Å². The number of pyridine rings is 1. The molecule has 1 aromatic heterocycles. The van der Waals surface area contributed by atoms with Crippen molar-refractivity contribution in [2.24, 2.45) is 0 Å². The Balaban J connectivity index is 1.83. The molecule has 0 aliphatic carbocycles. The van der Waals surface area contributed by atoms with E-state index in [0.29, 0.717) is 10.8 Å². The highest BCUT2D eigenvalue weighted by molar-refractivity contribution is 6.31. The summed E-state index contributed by atoms with van der Waals surface area (Å²) in [7, 11) is 0. The maximum Gasteiger partial charge on any atom is 0.161 e. The van der Waals surface area contributed by atoms with Crippen LogP contribution in [0.1, 0.15) is 19.0 Å². The van der Waals surface area contributed by atoms with E-state index in [-0.39, 0.29) is 5.69 Å². The number of nitrogens with one attached hydrogen (secondary N) is 1. The third-order valence-electron chi connectivity index (χ3n) is 3.37. The van der Waals surface area contributed by atoms with Crippen LogP contribution in [-0.2, 0) is 0 Å². The molecule has 0 aliphatic heterocycles. The first kappa shape index (κ1) is 16.1. The maximum atomic E-state index is 8.91. The van der Waals surface area contributed by atoms with Crippen LogP contribution in [0.15, 0.2) is 42.5 Å². The number of nitrogens with zero attached hydrogens (tertiary/aromatic N) is 3. The van der Waals surface area contributed by atoms with Gasteiger partial charge in [0.25, 0.3) is 0 Å². The second-order valence-electron chi connectivity index (χ2n) is 4.83. The van der Waals surface area contributed by atoms with Crippen molar-refractivity contribution in [2.75, 3.05) is 29.9 Å². The summed E-state index contributed by atoms with van der Waals surface area (Å²) in [4.78, 5) is 6.50. The van der Waals surface area contributed by atoms with Crippen LogP contribution < -0.4 is 10.2 Å². The van der Waals surface area contributed by atoms with E-state index in [9.17, 15) is 0 Å². The second kappa shape index (κ2) is 8.26. The monoisotopic (exact) mass is 314 g/mol. The van der Waals surface area contributed by atoms with E-state index in [4.69, 9.17) is 16.9 Å². The van der Waals surface area contributed by atoms with Crippen molar-refractivity contribution < 1.29 is 0 Å². The molecule has 22 heavy (non-hydrogen) atoms. The number of para-hydroxylation sites is 1. The van der Waals surface area contributed by atoms with E-state index >= 15 is 0 Å². The molecule has 2 rings (SSSR count). The number of halogens is 1. The van der Waals surface area contributed by atoms with Crippen LogP contribution in [0.3, 0.4) is 0 Å². The minimum atomic E-state index is 0.256. The molecule has 0 bridgehead atoms. The van der Waals surface area contributed by atoms with Gasteiger partial charge >= 0.3 is 0 Å².